The van der Waals surface area contributed by atoms with Gasteiger partial charge in [0.25, 0.3) is 0 Å². The third kappa shape index (κ3) is 5.02. The molecule has 3 N–H and O–H groups in total. The molecule has 8 heteroatoms. The van der Waals surface area contributed by atoms with Crippen molar-refractivity contribution in [3.05, 3.63) is 18.2 Å². The fourth-order valence-corrected chi connectivity index (χ4v) is 3.58. The first-order valence-corrected chi connectivity index (χ1v) is 9.18. The van der Waals surface area contributed by atoms with Gasteiger partial charge in [0.2, 0.25) is 5.91 Å². The fourth-order valence-electron chi connectivity index (χ4n) is 3.58. The fraction of sp³-hybridized carbons (Fsp3) is 0.706. The molecule has 1 saturated carbocycles. The third-order valence-electron chi connectivity index (χ3n) is 5.19. The highest BCUT2D eigenvalue weighted by atomic mass is 16.2. The molecule has 0 radical (unpaired) electrons. The number of urea groups is 1. The van der Waals surface area contributed by atoms with E-state index in [1.807, 2.05) is 13.1 Å². The molecule has 138 valence electrons. The van der Waals surface area contributed by atoms with Gasteiger partial charge in [-0.2, -0.15) is 0 Å². The van der Waals surface area contributed by atoms with Crippen LogP contribution < -0.4 is 10.6 Å². The van der Waals surface area contributed by atoms with E-state index in [4.69, 9.17) is 0 Å². The highest BCUT2D eigenvalue weighted by Gasteiger charge is 2.27. The summed E-state index contributed by atoms with van der Waals surface area (Å²) in [6, 6.07) is -0.450. The Balaban J connectivity index is 1.39. The Kier molecular flexibility index (Phi) is 6.04. The zero-order valence-corrected chi connectivity index (χ0v) is 14.8. The molecule has 1 aliphatic heterocycles. The Morgan fingerprint density at radius 3 is 2.64 bits per heavy atom. The first kappa shape index (κ1) is 17.9. The number of piperazine rings is 1. The number of nitrogens with one attached hydrogen (secondary N) is 3. The average molecular weight is 348 g/mol. The number of aromatic nitrogens is 2. The molecular weight excluding hydrogens is 320 g/mol. The Labute approximate surface area is 148 Å². The molecule has 25 heavy (non-hydrogen) atoms. The number of nitrogens with zero attached hydrogens (tertiary/aromatic N) is 3. The molecule has 1 atom stereocenters. The van der Waals surface area contributed by atoms with Crippen molar-refractivity contribution in [2.75, 3.05) is 26.2 Å². The summed E-state index contributed by atoms with van der Waals surface area (Å²) < 4.78 is 0. The minimum atomic E-state index is -0.361. The van der Waals surface area contributed by atoms with Crippen LogP contribution in [-0.4, -0.2) is 70.0 Å². The number of amides is 3. The van der Waals surface area contributed by atoms with E-state index >= 15 is 0 Å². The molecule has 0 bridgehead atoms. The number of imide groups is 1. The van der Waals surface area contributed by atoms with E-state index in [0.29, 0.717) is 0 Å². The molecule has 3 amide bonds. The standard InChI is InChI=1S/C17H28N6O2/c1-13(16(24)21-17(25)20-14-4-2-3-5-14)23-10-8-22(9-11-23)12-15-18-6-7-19-15/h6-7,13-14H,2-5,8-12H2,1H3,(H,18,19)(H2,20,21,24,25). The van der Waals surface area contributed by atoms with Gasteiger partial charge in [-0.15, -0.1) is 0 Å². The van der Waals surface area contributed by atoms with Crippen LogP contribution in [0.4, 0.5) is 4.79 Å². The van der Waals surface area contributed by atoms with Crippen molar-refractivity contribution >= 4 is 11.9 Å². The smallest absolute Gasteiger partial charge is 0.321 e. The molecule has 8 nitrogen and oxygen atoms in total. The lowest BCUT2D eigenvalue weighted by Crippen LogP contribution is -2.55. The first-order valence-electron chi connectivity index (χ1n) is 9.18. The van der Waals surface area contributed by atoms with Gasteiger partial charge in [0.1, 0.15) is 5.82 Å². The average Bonchev–Trinajstić information content (AvgIpc) is 3.29. The van der Waals surface area contributed by atoms with Gasteiger partial charge in [-0.3, -0.25) is 19.9 Å². The number of imidazole rings is 1. The van der Waals surface area contributed by atoms with E-state index in [0.717, 1.165) is 64.2 Å². The van der Waals surface area contributed by atoms with E-state index in [2.05, 4.69) is 30.4 Å². The second kappa shape index (κ2) is 8.44. The maximum absolute atomic E-state index is 12.3. The second-order valence-corrected chi connectivity index (χ2v) is 6.97. The predicted molar refractivity (Wildman–Crippen MR) is 93.8 cm³/mol. The molecule has 2 heterocycles. The van der Waals surface area contributed by atoms with Crippen molar-refractivity contribution in [3.8, 4) is 0 Å². The van der Waals surface area contributed by atoms with Gasteiger partial charge in [0.15, 0.2) is 0 Å². The van der Waals surface area contributed by atoms with E-state index < -0.39 is 0 Å². The minimum absolute atomic E-state index is 0.216. The molecule has 1 aromatic rings. The molecule has 1 aliphatic carbocycles. The number of carbonyl (C=O) groups excluding carboxylic acids is 2. The van der Waals surface area contributed by atoms with Crippen LogP contribution in [0, 0.1) is 0 Å². The second-order valence-electron chi connectivity index (χ2n) is 6.97. The van der Waals surface area contributed by atoms with Crippen LogP contribution in [0.15, 0.2) is 12.4 Å². The van der Waals surface area contributed by atoms with E-state index in [-0.39, 0.29) is 24.0 Å². The minimum Gasteiger partial charge on any atom is -0.348 e. The van der Waals surface area contributed by atoms with Crippen LogP contribution in [0.25, 0.3) is 0 Å². The quantitative estimate of drug-likeness (QED) is 0.728. The lowest BCUT2D eigenvalue weighted by Gasteiger charge is -2.37. The van der Waals surface area contributed by atoms with Crippen LogP contribution in [-0.2, 0) is 11.3 Å². The van der Waals surface area contributed by atoms with Crippen LogP contribution in [0.2, 0.25) is 0 Å². The van der Waals surface area contributed by atoms with Gasteiger partial charge < -0.3 is 10.3 Å². The number of H-pyrrole nitrogens is 1. The van der Waals surface area contributed by atoms with E-state index in [9.17, 15) is 9.59 Å². The van der Waals surface area contributed by atoms with Gasteiger partial charge in [-0.1, -0.05) is 12.8 Å². The Morgan fingerprint density at radius 1 is 1.28 bits per heavy atom. The topological polar surface area (TPSA) is 93.4 Å². The SMILES string of the molecule is CC(C(=O)NC(=O)NC1CCCC1)N1CCN(Cc2ncc[nH]2)CC1. The van der Waals surface area contributed by atoms with Crippen molar-refractivity contribution in [2.24, 2.45) is 0 Å². The number of hydrogen-bond donors (Lipinski definition) is 3. The van der Waals surface area contributed by atoms with Crippen LogP contribution >= 0.6 is 0 Å². The summed E-state index contributed by atoms with van der Waals surface area (Å²) in [7, 11) is 0. The monoisotopic (exact) mass is 348 g/mol. The molecule has 2 aliphatic rings. The summed E-state index contributed by atoms with van der Waals surface area (Å²) in [5, 5.41) is 5.38. The maximum Gasteiger partial charge on any atom is 0.321 e. The van der Waals surface area contributed by atoms with Gasteiger partial charge >= 0.3 is 6.03 Å². The summed E-state index contributed by atoms with van der Waals surface area (Å²) in [4.78, 5) is 36.1. The zero-order chi connectivity index (χ0) is 17.6. The predicted octanol–water partition coefficient (Wildman–Crippen LogP) is 0.684. The highest BCUT2D eigenvalue weighted by Crippen LogP contribution is 2.17. The van der Waals surface area contributed by atoms with Crippen molar-refractivity contribution < 1.29 is 9.59 Å². The summed E-state index contributed by atoms with van der Waals surface area (Å²) in [6.07, 6.45) is 7.90. The molecule has 0 spiro atoms. The first-order chi connectivity index (χ1) is 12.1. The summed E-state index contributed by atoms with van der Waals surface area (Å²) >= 11 is 0. The van der Waals surface area contributed by atoms with Gasteiger partial charge in [-0.05, 0) is 19.8 Å². The van der Waals surface area contributed by atoms with Crippen LogP contribution in [0.1, 0.15) is 38.4 Å². The number of carbonyl (C=O) groups is 2. The normalized spacial score (nSPS) is 21.2. The van der Waals surface area contributed by atoms with E-state index in [1.165, 1.54) is 0 Å². The number of hydrogen-bond acceptors (Lipinski definition) is 5. The highest BCUT2D eigenvalue weighted by molar-refractivity contribution is 5.96. The molecule has 1 saturated heterocycles. The van der Waals surface area contributed by atoms with Crippen molar-refractivity contribution in [1.82, 2.24) is 30.4 Å². The number of rotatable bonds is 5. The van der Waals surface area contributed by atoms with Crippen molar-refractivity contribution in [3.63, 3.8) is 0 Å². The number of aromatic amines is 1. The molecule has 0 aromatic carbocycles. The third-order valence-corrected chi connectivity index (χ3v) is 5.19. The largest absolute Gasteiger partial charge is 0.348 e. The van der Waals surface area contributed by atoms with Gasteiger partial charge in [-0.25, -0.2) is 9.78 Å². The lowest BCUT2D eigenvalue weighted by atomic mass is 10.2. The van der Waals surface area contributed by atoms with Gasteiger partial charge in [0.05, 0.1) is 12.6 Å². The molecule has 3 rings (SSSR count). The molecular formula is C17H28N6O2. The zero-order valence-electron chi connectivity index (χ0n) is 14.8. The van der Waals surface area contributed by atoms with Crippen LogP contribution in [0.5, 0.6) is 0 Å². The molecule has 2 fully saturated rings. The van der Waals surface area contributed by atoms with Crippen molar-refractivity contribution in [1.29, 1.82) is 0 Å². The molecule has 1 unspecified atom stereocenters. The Hall–Kier alpha value is -1.93. The summed E-state index contributed by atoms with van der Waals surface area (Å²) in [5.74, 6) is 0.734. The van der Waals surface area contributed by atoms with E-state index in [1.54, 1.807) is 6.20 Å². The van der Waals surface area contributed by atoms with Gasteiger partial charge in [0, 0.05) is 44.6 Å². The van der Waals surface area contributed by atoms with Crippen molar-refractivity contribution in [2.45, 2.75) is 51.2 Å². The van der Waals surface area contributed by atoms with Crippen LogP contribution in [0.3, 0.4) is 0 Å². The molecule has 1 aromatic heterocycles. The Morgan fingerprint density at radius 2 is 2.00 bits per heavy atom. The lowest BCUT2D eigenvalue weighted by molar-refractivity contribution is -0.125. The summed E-state index contributed by atoms with van der Waals surface area (Å²) in [5.41, 5.74) is 0. The maximum atomic E-state index is 12.3. The summed E-state index contributed by atoms with van der Waals surface area (Å²) in [6.45, 7) is 6.03. The Bertz CT molecular complexity index is 562.